The zero-order chi connectivity index (χ0) is 14.5. The molecule has 1 unspecified atom stereocenters. The van der Waals surface area contributed by atoms with Gasteiger partial charge in [-0.2, -0.15) is 0 Å². The first kappa shape index (κ1) is 17.9. The van der Waals surface area contributed by atoms with E-state index in [0.29, 0.717) is 13.2 Å². The molecule has 3 N–H and O–H groups in total. The third-order valence-corrected chi connectivity index (χ3v) is 6.09. The molecule has 0 aliphatic carbocycles. The number of nitrogens with one attached hydrogen (secondary N) is 1. The summed E-state index contributed by atoms with van der Waals surface area (Å²) in [5.74, 6) is 0. The lowest BCUT2D eigenvalue weighted by atomic mass is 10.1. The van der Waals surface area contributed by atoms with Gasteiger partial charge in [-0.3, -0.25) is 4.98 Å². The molecule has 118 valence electrons. The molecule has 0 aromatic carbocycles. The van der Waals surface area contributed by atoms with Gasteiger partial charge >= 0.3 is 0 Å². The fraction of sp³-hybridized carbons (Fsp3) is 0.357. The lowest BCUT2D eigenvalue weighted by molar-refractivity contribution is 0.205. The SMILES string of the molecule is COCCNS(=O)c1sc(-c2cccnc2)c(C)c1C.O.[HH]. The molecule has 0 spiro atoms. The molecular formula is C14H22N2O3S2. The Hall–Kier alpha value is -1.12. The molecule has 21 heavy (non-hydrogen) atoms. The minimum absolute atomic E-state index is 0. The first-order chi connectivity index (χ1) is 9.65. The predicted molar refractivity (Wildman–Crippen MR) is 89.0 cm³/mol. The van der Waals surface area contributed by atoms with Crippen molar-refractivity contribution < 1.29 is 15.8 Å². The van der Waals surface area contributed by atoms with Gasteiger partial charge in [-0.1, -0.05) is 6.07 Å². The van der Waals surface area contributed by atoms with Crippen LogP contribution in [0.3, 0.4) is 0 Å². The quantitative estimate of drug-likeness (QED) is 0.823. The van der Waals surface area contributed by atoms with Gasteiger partial charge in [0.1, 0.15) is 15.2 Å². The van der Waals surface area contributed by atoms with Gasteiger partial charge in [0.05, 0.1) is 6.61 Å². The lowest BCUT2D eigenvalue weighted by Gasteiger charge is -2.02. The third-order valence-electron chi connectivity index (χ3n) is 3.04. The van der Waals surface area contributed by atoms with Crippen LogP contribution in [0.1, 0.15) is 12.6 Å². The molecule has 0 aliphatic rings. The molecule has 0 saturated carbocycles. The number of nitrogens with zero attached hydrogens (tertiary/aromatic N) is 1. The first-order valence-corrected chi connectivity index (χ1v) is 8.26. The van der Waals surface area contributed by atoms with Gasteiger partial charge in [-0.15, -0.1) is 11.3 Å². The van der Waals surface area contributed by atoms with Gasteiger partial charge in [0, 0.05) is 37.9 Å². The molecule has 0 amide bonds. The van der Waals surface area contributed by atoms with E-state index in [0.717, 1.165) is 20.2 Å². The number of pyridine rings is 1. The number of ether oxygens (including phenoxy) is 1. The highest BCUT2D eigenvalue weighted by molar-refractivity contribution is 7.85. The van der Waals surface area contributed by atoms with Crippen LogP contribution in [0.25, 0.3) is 10.4 Å². The minimum atomic E-state index is -1.19. The van der Waals surface area contributed by atoms with Crippen LogP contribution in [-0.4, -0.2) is 34.9 Å². The molecule has 7 heteroatoms. The van der Waals surface area contributed by atoms with Crippen molar-refractivity contribution in [2.75, 3.05) is 20.3 Å². The van der Waals surface area contributed by atoms with E-state index in [-0.39, 0.29) is 6.90 Å². The number of hydrogen-bond donors (Lipinski definition) is 1. The monoisotopic (exact) mass is 330 g/mol. The molecule has 1 atom stereocenters. The van der Waals surface area contributed by atoms with Crippen LogP contribution in [-0.2, 0) is 15.7 Å². The van der Waals surface area contributed by atoms with E-state index < -0.39 is 11.0 Å². The van der Waals surface area contributed by atoms with Gasteiger partial charge in [0.15, 0.2) is 0 Å². The summed E-state index contributed by atoms with van der Waals surface area (Å²) >= 11 is 1.56. The van der Waals surface area contributed by atoms with E-state index in [1.165, 1.54) is 5.56 Å². The molecule has 2 aromatic rings. The van der Waals surface area contributed by atoms with Gasteiger partial charge in [-0.05, 0) is 31.0 Å². The zero-order valence-electron chi connectivity index (χ0n) is 12.3. The van der Waals surface area contributed by atoms with E-state index >= 15 is 0 Å². The van der Waals surface area contributed by atoms with Crippen LogP contribution in [0.2, 0.25) is 0 Å². The normalized spacial score (nSPS) is 12.0. The average molecular weight is 330 g/mol. The van der Waals surface area contributed by atoms with E-state index in [1.807, 2.05) is 25.3 Å². The van der Waals surface area contributed by atoms with Crippen LogP contribution in [0.15, 0.2) is 28.7 Å². The number of hydrogen-bond acceptors (Lipinski definition) is 4. The van der Waals surface area contributed by atoms with Crippen LogP contribution in [0.5, 0.6) is 0 Å². The fourth-order valence-corrected chi connectivity index (χ4v) is 4.42. The van der Waals surface area contributed by atoms with Crippen molar-refractivity contribution >= 4 is 22.3 Å². The smallest absolute Gasteiger partial charge is 0.135 e. The topological polar surface area (TPSA) is 82.7 Å². The minimum Gasteiger partial charge on any atom is -0.412 e. The van der Waals surface area contributed by atoms with Gasteiger partial charge in [-0.25, -0.2) is 8.93 Å². The van der Waals surface area contributed by atoms with Crippen molar-refractivity contribution in [3.63, 3.8) is 0 Å². The van der Waals surface area contributed by atoms with E-state index in [2.05, 4.69) is 16.6 Å². The third kappa shape index (κ3) is 4.18. The van der Waals surface area contributed by atoms with Crippen molar-refractivity contribution in [1.82, 2.24) is 9.71 Å². The van der Waals surface area contributed by atoms with Crippen LogP contribution < -0.4 is 4.72 Å². The van der Waals surface area contributed by atoms with Crippen molar-refractivity contribution in [1.29, 1.82) is 0 Å². The summed E-state index contributed by atoms with van der Waals surface area (Å²) in [6.07, 6.45) is 3.59. The Morgan fingerprint density at radius 1 is 1.43 bits per heavy atom. The second-order valence-electron chi connectivity index (χ2n) is 4.37. The highest BCUT2D eigenvalue weighted by atomic mass is 32.2. The first-order valence-electron chi connectivity index (χ1n) is 6.29. The largest absolute Gasteiger partial charge is 0.412 e. The van der Waals surface area contributed by atoms with Gasteiger partial charge < -0.3 is 10.2 Å². The lowest BCUT2D eigenvalue weighted by Crippen LogP contribution is -2.21. The van der Waals surface area contributed by atoms with Gasteiger partial charge in [0.2, 0.25) is 0 Å². The molecule has 0 radical (unpaired) electrons. The van der Waals surface area contributed by atoms with Crippen LogP contribution in [0, 0.1) is 13.8 Å². The Kier molecular flexibility index (Phi) is 7.13. The molecule has 0 aliphatic heterocycles. The zero-order valence-corrected chi connectivity index (χ0v) is 13.9. The number of rotatable bonds is 6. The summed E-state index contributed by atoms with van der Waals surface area (Å²) in [7, 11) is 0.439. The Morgan fingerprint density at radius 3 is 2.81 bits per heavy atom. The maximum absolute atomic E-state index is 12.3. The Labute approximate surface area is 132 Å². The van der Waals surface area contributed by atoms with Crippen molar-refractivity contribution in [3.05, 3.63) is 35.7 Å². The molecular weight excluding hydrogens is 308 g/mol. The van der Waals surface area contributed by atoms with E-state index in [9.17, 15) is 4.21 Å². The van der Waals surface area contributed by atoms with E-state index in [1.54, 1.807) is 24.6 Å². The summed E-state index contributed by atoms with van der Waals surface area (Å²) in [5, 5.41) is 0. The maximum atomic E-state index is 12.3. The number of thiophene rings is 1. The van der Waals surface area contributed by atoms with Crippen LogP contribution >= 0.6 is 11.3 Å². The second-order valence-corrected chi connectivity index (χ2v) is 6.88. The number of aromatic nitrogens is 1. The highest BCUT2D eigenvalue weighted by Gasteiger charge is 2.17. The Morgan fingerprint density at radius 2 is 2.19 bits per heavy atom. The Balaban J connectivity index is 0.00000220. The molecule has 0 bridgehead atoms. The Bertz CT molecular complexity index is 606. The average Bonchev–Trinajstić information content (AvgIpc) is 2.77. The summed E-state index contributed by atoms with van der Waals surface area (Å²) in [6, 6.07) is 3.94. The molecule has 0 saturated heterocycles. The fourth-order valence-electron chi connectivity index (χ4n) is 1.82. The molecule has 2 heterocycles. The van der Waals surface area contributed by atoms with Crippen molar-refractivity contribution in [2.24, 2.45) is 0 Å². The molecule has 5 nitrogen and oxygen atoms in total. The summed E-state index contributed by atoms with van der Waals surface area (Å²) in [4.78, 5) is 5.28. The summed E-state index contributed by atoms with van der Waals surface area (Å²) in [6.45, 7) is 5.19. The standard InChI is InChI=1S/C14H18N2O2S2.H2O.H2/c1-10-11(2)14(20(17)16-7-8-18-3)19-13(10)12-5-4-6-15-9-12;;/h4-6,9,16H,7-8H2,1-3H3;1H2;1H. The van der Waals surface area contributed by atoms with Crippen molar-refractivity contribution in [3.8, 4) is 10.4 Å². The maximum Gasteiger partial charge on any atom is 0.135 e. The highest BCUT2D eigenvalue weighted by Crippen LogP contribution is 2.36. The number of methoxy groups -OCH3 is 1. The summed E-state index contributed by atoms with van der Waals surface area (Å²) in [5.41, 5.74) is 3.32. The molecule has 0 fully saturated rings. The van der Waals surface area contributed by atoms with Gasteiger partial charge in [0.25, 0.3) is 0 Å². The van der Waals surface area contributed by atoms with Crippen molar-refractivity contribution in [2.45, 2.75) is 18.1 Å². The van der Waals surface area contributed by atoms with E-state index in [4.69, 9.17) is 4.74 Å². The summed E-state index contributed by atoms with van der Waals surface area (Å²) < 4.78 is 21.1. The second kappa shape index (κ2) is 8.35. The predicted octanol–water partition coefficient (Wildman–Crippen LogP) is 2.11. The molecule has 2 aromatic heterocycles. The van der Waals surface area contributed by atoms with Crippen LogP contribution in [0.4, 0.5) is 0 Å². The molecule has 2 rings (SSSR count).